The first-order chi connectivity index (χ1) is 13.9. The highest BCUT2D eigenvalue weighted by atomic mass is 127. The summed E-state index contributed by atoms with van der Waals surface area (Å²) < 4.78 is 7.24. The molecule has 3 rings (SSSR count). The van der Waals surface area contributed by atoms with Gasteiger partial charge < -0.3 is 15.2 Å². The molecule has 0 aliphatic heterocycles. The van der Waals surface area contributed by atoms with Crippen LogP contribution in [-0.4, -0.2) is 39.0 Å². The van der Waals surface area contributed by atoms with E-state index in [2.05, 4.69) is 44.7 Å². The molecule has 162 valence electrons. The predicted octanol–water partition coefficient (Wildman–Crippen LogP) is 3.65. The number of aliphatic imine (C=N–C) groups is 1. The lowest BCUT2D eigenvalue weighted by Crippen LogP contribution is -2.42. The van der Waals surface area contributed by atoms with E-state index in [1.54, 1.807) is 19.2 Å². The fraction of sp³-hybridized carbons (Fsp3) is 0.400. The number of aryl methyl sites for hydroxylation is 2. The van der Waals surface area contributed by atoms with E-state index in [1.165, 1.54) is 11.3 Å². The highest BCUT2D eigenvalue weighted by Crippen LogP contribution is 2.18. The molecule has 0 radical (unpaired) electrons. The summed E-state index contributed by atoms with van der Waals surface area (Å²) in [6, 6.07) is 7.48. The van der Waals surface area contributed by atoms with Gasteiger partial charge in [0.1, 0.15) is 0 Å². The molecule has 2 N–H and O–H groups in total. The van der Waals surface area contributed by atoms with Crippen LogP contribution in [0.15, 0.2) is 33.8 Å². The molecule has 0 fully saturated rings. The number of aromatic nitrogens is 4. The first-order valence-electron chi connectivity index (χ1n) is 9.42. The van der Waals surface area contributed by atoms with Gasteiger partial charge in [0.2, 0.25) is 11.7 Å². The van der Waals surface area contributed by atoms with Crippen LogP contribution < -0.4 is 10.6 Å². The molecule has 1 unspecified atom stereocenters. The van der Waals surface area contributed by atoms with Gasteiger partial charge in [-0.15, -0.1) is 24.0 Å². The Kier molecular flexibility index (Phi) is 8.65. The molecule has 0 aliphatic carbocycles. The van der Waals surface area contributed by atoms with Gasteiger partial charge in [0, 0.05) is 36.4 Å². The second-order valence-electron chi connectivity index (χ2n) is 6.97. The second-order valence-corrected chi connectivity index (χ2v) is 7.40. The third kappa shape index (κ3) is 5.94. The lowest BCUT2D eigenvalue weighted by Gasteiger charge is -2.17. The quantitative estimate of drug-likeness (QED) is 0.280. The molecular weight excluding hydrogens is 517 g/mol. The fourth-order valence-corrected chi connectivity index (χ4v) is 3.23. The molecule has 8 nitrogen and oxygen atoms in total. The number of nitrogens with zero attached hydrogens (tertiary/aromatic N) is 5. The van der Waals surface area contributed by atoms with Crippen molar-refractivity contribution >= 4 is 41.5 Å². The van der Waals surface area contributed by atoms with Crippen molar-refractivity contribution in [1.29, 1.82) is 0 Å². The summed E-state index contributed by atoms with van der Waals surface area (Å²) in [5.41, 5.74) is 4.34. The molecule has 0 aliphatic rings. The fourth-order valence-electron chi connectivity index (χ4n) is 3.10. The summed E-state index contributed by atoms with van der Waals surface area (Å²) in [5.74, 6) is 1.67. The van der Waals surface area contributed by atoms with Crippen LogP contribution in [-0.2, 0) is 20.0 Å². The summed E-state index contributed by atoms with van der Waals surface area (Å²) in [6.45, 7) is 6.61. The van der Waals surface area contributed by atoms with Gasteiger partial charge in [0.05, 0.1) is 12.2 Å². The molecule has 1 aromatic carbocycles. The van der Waals surface area contributed by atoms with Crippen molar-refractivity contribution in [2.45, 2.75) is 39.8 Å². The monoisotopic (exact) mass is 543 g/mol. The van der Waals surface area contributed by atoms with Crippen molar-refractivity contribution in [3.8, 4) is 11.4 Å². The minimum Gasteiger partial charge on any atom is -0.354 e. The van der Waals surface area contributed by atoms with Gasteiger partial charge in [-0.2, -0.15) is 10.1 Å². The molecule has 2 aromatic heterocycles. The van der Waals surface area contributed by atoms with E-state index in [-0.39, 0.29) is 30.0 Å². The zero-order chi connectivity index (χ0) is 21.0. The van der Waals surface area contributed by atoms with Gasteiger partial charge in [0.25, 0.3) is 0 Å². The Morgan fingerprint density at radius 3 is 2.57 bits per heavy atom. The summed E-state index contributed by atoms with van der Waals surface area (Å²) in [7, 11) is 3.70. The maximum atomic E-state index is 5.92. The Bertz CT molecular complexity index is 997. The average molecular weight is 544 g/mol. The van der Waals surface area contributed by atoms with E-state index >= 15 is 0 Å². The Balaban J connectivity index is 0.00000320. The number of halogens is 2. The topological polar surface area (TPSA) is 93.2 Å². The number of hydrogen-bond donors (Lipinski definition) is 2. The summed E-state index contributed by atoms with van der Waals surface area (Å²) in [5, 5.41) is 15.8. The number of nitrogens with one attached hydrogen (secondary N) is 2. The van der Waals surface area contributed by atoms with Crippen LogP contribution in [0.4, 0.5) is 0 Å². The van der Waals surface area contributed by atoms with Crippen LogP contribution >= 0.6 is 35.6 Å². The first-order valence-corrected chi connectivity index (χ1v) is 9.80. The summed E-state index contributed by atoms with van der Waals surface area (Å²) in [6.07, 6.45) is 0.855. The van der Waals surface area contributed by atoms with E-state index < -0.39 is 0 Å². The van der Waals surface area contributed by atoms with Crippen molar-refractivity contribution in [3.05, 3.63) is 52.1 Å². The van der Waals surface area contributed by atoms with Crippen LogP contribution in [0.1, 0.15) is 29.8 Å². The highest BCUT2D eigenvalue weighted by molar-refractivity contribution is 14.0. The van der Waals surface area contributed by atoms with Crippen molar-refractivity contribution in [2.75, 3.05) is 7.05 Å². The van der Waals surface area contributed by atoms with Crippen molar-refractivity contribution in [1.82, 2.24) is 30.6 Å². The van der Waals surface area contributed by atoms with Crippen molar-refractivity contribution in [2.24, 2.45) is 12.0 Å². The van der Waals surface area contributed by atoms with Crippen LogP contribution in [0.3, 0.4) is 0 Å². The maximum absolute atomic E-state index is 5.92. The van der Waals surface area contributed by atoms with E-state index in [0.29, 0.717) is 29.2 Å². The van der Waals surface area contributed by atoms with E-state index in [1.807, 2.05) is 30.8 Å². The predicted molar refractivity (Wildman–Crippen MR) is 129 cm³/mol. The molecule has 0 saturated carbocycles. The van der Waals surface area contributed by atoms with Gasteiger partial charge in [0.15, 0.2) is 5.96 Å². The minimum absolute atomic E-state index is 0. The van der Waals surface area contributed by atoms with Crippen molar-refractivity contribution in [3.63, 3.8) is 0 Å². The van der Waals surface area contributed by atoms with Crippen LogP contribution in [0.25, 0.3) is 11.4 Å². The molecule has 1 atom stereocenters. The number of benzene rings is 1. The standard InChI is InChI=1S/C20H26ClN7O.HI/c1-12(10-17-13(2)26-28(5)14(17)3)24-20(22-4)23-11-18-25-19(27-29-18)15-6-8-16(21)9-7-15;/h6-9,12H,10-11H2,1-5H3,(H2,22,23,24);1H. The van der Waals surface area contributed by atoms with Crippen molar-refractivity contribution < 1.29 is 4.52 Å². The van der Waals surface area contributed by atoms with Gasteiger partial charge in [-0.1, -0.05) is 16.8 Å². The molecule has 0 amide bonds. The van der Waals surface area contributed by atoms with Gasteiger partial charge in [-0.05, 0) is 57.0 Å². The Morgan fingerprint density at radius 2 is 1.97 bits per heavy atom. The van der Waals surface area contributed by atoms with E-state index in [0.717, 1.165) is 17.7 Å². The van der Waals surface area contributed by atoms with Gasteiger partial charge in [-0.3, -0.25) is 9.67 Å². The Labute approximate surface area is 198 Å². The van der Waals surface area contributed by atoms with Crippen LogP contribution in [0, 0.1) is 13.8 Å². The third-order valence-electron chi connectivity index (χ3n) is 4.75. The van der Waals surface area contributed by atoms with Crippen LogP contribution in [0.2, 0.25) is 5.02 Å². The summed E-state index contributed by atoms with van der Waals surface area (Å²) >= 11 is 5.92. The molecule has 0 saturated heterocycles. The normalized spacial score (nSPS) is 12.4. The maximum Gasteiger partial charge on any atom is 0.246 e. The van der Waals surface area contributed by atoms with E-state index in [9.17, 15) is 0 Å². The third-order valence-corrected chi connectivity index (χ3v) is 5.01. The smallest absolute Gasteiger partial charge is 0.246 e. The van der Waals surface area contributed by atoms with Gasteiger partial charge in [-0.25, -0.2) is 0 Å². The molecule has 10 heteroatoms. The summed E-state index contributed by atoms with van der Waals surface area (Å²) in [4.78, 5) is 8.69. The number of hydrogen-bond acceptors (Lipinski definition) is 5. The van der Waals surface area contributed by atoms with Gasteiger partial charge >= 0.3 is 0 Å². The Hall–Kier alpha value is -2.14. The molecule has 3 aromatic rings. The molecule has 30 heavy (non-hydrogen) atoms. The minimum atomic E-state index is 0. The molecule has 0 bridgehead atoms. The number of rotatable bonds is 6. The highest BCUT2D eigenvalue weighted by Gasteiger charge is 2.15. The zero-order valence-corrected chi connectivity index (χ0v) is 20.8. The second kappa shape index (κ2) is 10.8. The SMILES string of the molecule is CN=C(NCc1nc(-c2ccc(Cl)cc2)no1)NC(C)Cc1c(C)nn(C)c1C.I. The Morgan fingerprint density at radius 1 is 1.27 bits per heavy atom. The lowest BCUT2D eigenvalue weighted by molar-refractivity contribution is 0.375. The number of guanidine groups is 1. The molecular formula is C20H27ClIN7O. The lowest BCUT2D eigenvalue weighted by atomic mass is 10.1. The average Bonchev–Trinajstić information content (AvgIpc) is 3.26. The van der Waals surface area contributed by atoms with E-state index in [4.69, 9.17) is 16.1 Å². The van der Waals surface area contributed by atoms with Crippen LogP contribution in [0.5, 0.6) is 0 Å². The molecule has 2 heterocycles. The largest absolute Gasteiger partial charge is 0.354 e. The zero-order valence-electron chi connectivity index (χ0n) is 17.7. The first kappa shape index (κ1) is 24.1. The molecule has 0 spiro atoms.